The van der Waals surface area contributed by atoms with Gasteiger partial charge in [0.2, 0.25) is 0 Å². The SMILES string of the molecule is [N-]=[N+]=NCC#Cc1cccnc1[N+](=O)[O-]. The molecule has 74 valence electrons. The molecule has 0 atom stereocenters. The zero-order valence-electron chi connectivity index (χ0n) is 7.49. The standard InChI is InChI=1S/C8H5N5O2/c9-12-11-6-2-4-7-3-1-5-10-8(7)13(14)15/h1,3,5H,6H2. The van der Waals surface area contributed by atoms with E-state index in [9.17, 15) is 10.1 Å². The number of nitrogens with zero attached hydrogens (tertiary/aromatic N) is 5. The van der Waals surface area contributed by atoms with Gasteiger partial charge in [-0.15, -0.1) is 0 Å². The summed E-state index contributed by atoms with van der Waals surface area (Å²) in [6, 6.07) is 3.03. The Labute approximate surface area is 84.5 Å². The lowest BCUT2D eigenvalue weighted by Crippen LogP contribution is -1.94. The third kappa shape index (κ3) is 2.99. The van der Waals surface area contributed by atoms with Crippen molar-refractivity contribution in [3.05, 3.63) is 44.5 Å². The van der Waals surface area contributed by atoms with E-state index in [1.165, 1.54) is 12.3 Å². The van der Waals surface area contributed by atoms with Crippen molar-refractivity contribution in [3.63, 3.8) is 0 Å². The quantitative estimate of drug-likeness (QED) is 0.182. The van der Waals surface area contributed by atoms with Crippen LogP contribution >= 0.6 is 0 Å². The van der Waals surface area contributed by atoms with Gasteiger partial charge in [0, 0.05) is 4.91 Å². The van der Waals surface area contributed by atoms with E-state index < -0.39 is 4.92 Å². The second-order valence-corrected chi connectivity index (χ2v) is 2.32. The number of nitro groups is 1. The van der Waals surface area contributed by atoms with Crippen molar-refractivity contribution in [2.24, 2.45) is 5.11 Å². The highest BCUT2D eigenvalue weighted by Crippen LogP contribution is 2.11. The summed E-state index contributed by atoms with van der Waals surface area (Å²) in [5.41, 5.74) is 8.18. The van der Waals surface area contributed by atoms with Crippen LogP contribution in [-0.4, -0.2) is 16.5 Å². The van der Waals surface area contributed by atoms with E-state index >= 15 is 0 Å². The van der Waals surface area contributed by atoms with Crippen molar-refractivity contribution in [1.29, 1.82) is 0 Å². The molecule has 7 nitrogen and oxygen atoms in total. The Balaban J connectivity index is 2.96. The number of hydrogen-bond donors (Lipinski definition) is 0. The number of pyridine rings is 1. The van der Waals surface area contributed by atoms with E-state index in [0.717, 1.165) is 0 Å². The van der Waals surface area contributed by atoms with Crippen molar-refractivity contribution >= 4 is 5.82 Å². The first-order valence-electron chi connectivity index (χ1n) is 3.85. The molecule has 1 aromatic heterocycles. The lowest BCUT2D eigenvalue weighted by Gasteiger charge is -1.92. The first-order valence-corrected chi connectivity index (χ1v) is 3.85. The molecule has 0 amide bonds. The van der Waals surface area contributed by atoms with E-state index in [-0.39, 0.29) is 17.9 Å². The highest BCUT2D eigenvalue weighted by atomic mass is 16.6. The second kappa shape index (κ2) is 5.21. The van der Waals surface area contributed by atoms with Crippen LogP contribution in [0.15, 0.2) is 23.4 Å². The molecule has 0 aromatic carbocycles. The van der Waals surface area contributed by atoms with Gasteiger partial charge in [-0.1, -0.05) is 17.0 Å². The van der Waals surface area contributed by atoms with Crippen LogP contribution < -0.4 is 0 Å². The monoisotopic (exact) mass is 203 g/mol. The van der Waals surface area contributed by atoms with Crippen LogP contribution in [0.5, 0.6) is 0 Å². The third-order valence-corrected chi connectivity index (χ3v) is 1.40. The molecule has 0 bridgehead atoms. The maximum atomic E-state index is 10.5. The van der Waals surface area contributed by atoms with Gasteiger partial charge in [-0.3, -0.25) is 0 Å². The lowest BCUT2D eigenvalue weighted by atomic mass is 10.2. The molecule has 15 heavy (non-hydrogen) atoms. The average Bonchev–Trinajstić information content (AvgIpc) is 2.25. The summed E-state index contributed by atoms with van der Waals surface area (Å²) in [7, 11) is 0. The number of rotatable bonds is 2. The molecular formula is C8H5N5O2. The fourth-order valence-corrected chi connectivity index (χ4v) is 0.842. The van der Waals surface area contributed by atoms with Gasteiger partial charge in [-0.2, -0.15) is 0 Å². The topological polar surface area (TPSA) is 105 Å². The van der Waals surface area contributed by atoms with Gasteiger partial charge in [0.15, 0.2) is 0 Å². The van der Waals surface area contributed by atoms with Crippen molar-refractivity contribution in [2.45, 2.75) is 0 Å². The summed E-state index contributed by atoms with van der Waals surface area (Å²) in [6.07, 6.45) is 1.32. The van der Waals surface area contributed by atoms with Crippen LogP contribution in [0, 0.1) is 22.0 Å². The van der Waals surface area contributed by atoms with Gasteiger partial charge in [0.05, 0.1) is 6.54 Å². The largest absolute Gasteiger partial charge is 0.379 e. The molecule has 0 aliphatic carbocycles. The highest BCUT2D eigenvalue weighted by Gasteiger charge is 2.10. The van der Waals surface area contributed by atoms with Crippen LogP contribution in [0.3, 0.4) is 0 Å². The summed E-state index contributed by atoms with van der Waals surface area (Å²) >= 11 is 0. The molecule has 0 saturated carbocycles. The predicted octanol–water partition coefficient (Wildman–Crippen LogP) is 1.65. The van der Waals surface area contributed by atoms with E-state index in [2.05, 4.69) is 26.9 Å². The molecule has 7 heteroatoms. The summed E-state index contributed by atoms with van der Waals surface area (Å²) in [5, 5.41) is 13.7. The Hall–Kier alpha value is -2.58. The minimum atomic E-state index is -0.614. The summed E-state index contributed by atoms with van der Waals surface area (Å²) in [6.45, 7) is -0.0252. The summed E-state index contributed by atoms with van der Waals surface area (Å²) in [5.74, 6) is 4.69. The van der Waals surface area contributed by atoms with Crippen molar-refractivity contribution < 1.29 is 4.92 Å². The Morgan fingerprint density at radius 3 is 3.20 bits per heavy atom. The Morgan fingerprint density at radius 2 is 2.53 bits per heavy atom. The summed E-state index contributed by atoms with van der Waals surface area (Å²) < 4.78 is 0. The molecule has 0 N–H and O–H groups in total. The molecule has 1 rings (SSSR count). The number of aromatic nitrogens is 1. The molecule has 0 saturated heterocycles. The van der Waals surface area contributed by atoms with Crippen LogP contribution in [0.25, 0.3) is 10.4 Å². The van der Waals surface area contributed by atoms with Crippen LogP contribution in [0.1, 0.15) is 5.56 Å². The van der Waals surface area contributed by atoms with Crippen LogP contribution in [0.2, 0.25) is 0 Å². The van der Waals surface area contributed by atoms with Crippen LogP contribution in [0.4, 0.5) is 5.82 Å². The van der Waals surface area contributed by atoms with Gasteiger partial charge < -0.3 is 10.1 Å². The van der Waals surface area contributed by atoms with Gasteiger partial charge in [0.1, 0.15) is 11.8 Å². The maximum Gasteiger partial charge on any atom is 0.379 e. The van der Waals surface area contributed by atoms with Gasteiger partial charge >= 0.3 is 5.82 Å². The van der Waals surface area contributed by atoms with Crippen molar-refractivity contribution in [1.82, 2.24) is 4.98 Å². The maximum absolute atomic E-state index is 10.5. The van der Waals surface area contributed by atoms with E-state index in [4.69, 9.17) is 5.53 Å². The zero-order chi connectivity index (χ0) is 11.1. The van der Waals surface area contributed by atoms with Crippen molar-refractivity contribution in [3.8, 4) is 11.8 Å². The summed E-state index contributed by atoms with van der Waals surface area (Å²) in [4.78, 5) is 16.0. The minimum Gasteiger partial charge on any atom is -0.358 e. The first-order chi connectivity index (χ1) is 7.25. The molecule has 0 spiro atoms. The molecule has 0 aliphatic rings. The molecule has 1 aromatic rings. The predicted molar refractivity (Wildman–Crippen MR) is 51.8 cm³/mol. The average molecular weight is 203 g/mol. The number of azide groups is 1. The Kier molecular flexibility index (Phi) is 3.65. The highest BCUT2D eigenvalue weighted by molar-refractivity contribution is 5.45. The molecule has 0 unspecified atom stereocenters. The third-order valence-electron chi connectivity index (χ3n) is 1.40. The smallest absolute Gasteiger partial charge is 0.358 e. The molecular weight excluding hydrogens is 198 g/mol. The van der Waals surface area contributed by atoms with Gasteiger partial charge in [0.25, 0.3) is 0 Å². The van der Waals surface area contributed by atoms with Crippen molar-refractivity contribution in [2.75, 3.05) is 6.54 Å². The molecule has 1 heterocycles. The minimum absolute atomic E-state index is 0.0252. The lowest BCUT2D eigenvalue weighted by molar-refractivity contribution is -0.389. The van der Waals surface area contributed by atoms with E-state index in [1.54, 1.807) is 6.07 Å². The van der Waals surface area contributed by atoms with Gasteiger partial charge in [-0.25, -0.2) is 0 Å². The molecule has 0 radical (unpaired) electrons. The molecule has 0 fully saturated rings. The number of hydrogen-bond acceptors (Lipinski definition) is 4. The first kappa shape index (κ1) is 10.5. The van der Waals surface area contributed by atoms with Crippen LogP contribution in [-0.2, 0) is 0 Å². The molecule has 0 aliphatic heterocycles. The second-order valence-electron chi connectivity index (χ2n) is 2.32. The Bertz CT molecular complexity index is 481. The van der Waals surface area contributed by atoms with E-state index in [0.29, 0.717) is 0 Å². The van der Waals surface area contributed by atoms with Gasteiger partial charge in [-0.05, 0) is 27.6 Å². The fourth-order valence-electron chi connectivity index (χ4n) is 0.842. The zero-order valence-corrected chi connectivity index (χ0v) is 7.49. The van der Waals surface area contributed by atoms with E-state index in [1.807, 2.05) is 0 Å². The normalized spacial score (nSPS) is 8.27. The fraction of sp³-hybridized carbons (Fsp3) is 0.125. The Morgan fingerprint density at radius 1 is 1.73 bits per heavy atom.